The molecule has 0 N–H and O–H groups in total. The molecule has 0 radical (unpaired) electrons. The van der Waals surface area contributed by atoms with Crippen molar-refractivity contribution in [1.82, 2.24) is 4.90 Å². The van der Waals surface area contributed by atoms with E-state index in [-0.39, 0.29) is 11.9 Å². The second kappa shape index (κ2) is 7.40. The van der Waals surface area contributed by atoms with Gasteiger partial charge in [0.1, 0.15) is 6.04 Å². The molecule has 4 nitrogen and oxygen atoms in total. The van der Waals surface area contributed by atoms with Crippen LogP contribution >= 0.6 is 23.5 Å². The van der Waals surface area contributed by atoms with E-state index >= 15 is 0 Å². The van der Waals surface area contributed by atoms with Gasteiger partial charge < -0.3 is 9.64 Å². The van der Waals surface area contributed by atoms with Gasteiger partial charge in [-0.3, -0.25) is 4.79 Å². The third-order valence-electron chi connectivity index (χ3n) is 2.80. The number of rotatable bonds is 4. The summed E-state index contributed by atoms with van der Waals surface area (Å²) in [7, 11) is 1.34. The van der Waals surface area contributed by atoms with E-state index in [1.165, 1.54) is 24.9 Å². The minimum atomic E-state index is -0.469. The molecule has 1 fully saturated rings. The fraction of sp³-hybridized carbons (Fsp3) is 0.286. The molecule has 1 heterocycles. The second-order valence-electron chi connectivity index (χ2n) is 4.08. The van der Waals surface area contributed by atoms with Gasteiger partial charge in [0.05, 0.1) is 13.0 Å². The van der Waals surface area contributed by atoms with Gasteiger partial charge in [-0.25, -0.2) is 4.79 Å². The SMILES string of the molecule is COC(=O)[C@@H]1CSCN1C(=O)/C=C\Sc1ccccc1. The summed E-state index contributed by atoms with van der Waals surface area (Å²) in [6.07, 6.45) is 1.50. The molecule has 0 aliphatic carbocycles. The first-order chi connectivity index (χ1) is 9.72. The van der Waals surface area contributed by atoms with Crippen LogP contribution in [-0.2, 0) is 14.3 Å². The van der Waals surface area contributed by atoms with Gasteiger partial charge in [-0.1, -0.05) is 30.0 Å². The predicted octanol–water partition coefficient (Wildman–Crippen LogP) is 2.37. The van der Waals surface area contributed by atoms with Crippen LogP contribution in [-0.4, -0.2) is 41.6 Å². The number of carbonyl (C=O) groups is 2. The molecule has 20 heavy (non-hydrogen) atoms. The molecule has 6 heteroatoms. The molecule has 1 aromatic rings. The van der Waals surface area contributed by atoms with E-state index in [0.717, 1.165) is 4.90 Å². The van der Waals surface area contributed by atoms with Gasteiger partial charge in [0.25, 0.3) is 0 Å². The molecule has 0 unspecified atom stereocenters. The average molecular weight is 309 g/mol. The number of benzene rings is 1. The highest BCUT2D eigenvalue weighted by molar-refractivity contribution is 8.02. The van der Waals surface area contributed by atoms with Gasteiger partial charge in [-0.15, -0.1) is 11.8 Å². The van der Waals surface area contributed by atoms with Crippen LogP contribution in [0.4, 0.5) is 0 Å². The number of methoxy groups -OCH3 is 1. The van der Waals surface area contributed by atoms with Crippen molar-refractivity contribution < 1.29 is 14.3 Å². The van der Waals surface area contributed by atoms with Crippen molar-refractivity contribution in [3.8, 4) is 0 Å². The van der Waals surface area contributed by atoms with Gasteiger partial charge >= 0.3 is 5.97 Å². The van der Waals surface area contributed by atoms with Crippen molar-refractivity contribution >= 4 is 35.4 Å². The molecule has 0 bridgehead atoms. The van der Waals surface area contributed by atoms with E-state index in [1.54, 1.807) is 22.1 Å². The molecule has 1 aliphatic rings. The molecule has 0 spiro atoms. The Morgan fingerprint density at radius 3 is 2.85 bits per heavy atom. The first kappa shape index (κ1) is 15.0. The predicted molar refractivity (Wildman–Crippen MR) is 81.4 cm³/mol. The van der Waals surface area contributed by atoms with Crippen LogP contribution in [0.25, 0.3) is 0 Å². The van der Waals surface area contributed by atoms with Crippen LogP contribution in [0.15, 0.2) is 46.7 Å². The van der Waals surface area contributed by atoms with E-state index in [0.29, 0.717) is 11.6 Å². The largest absolute Gasteiger partial charge is 0.467 e. The maximum atomic E-state index is 12.1. The highest BCUT2D eigenvalue weighted by Gasteiger charge is 2.34. The number of amides is 1. The summed E-state index contributed by atoms with van der Waals surface area (Å²) in [5.41, 5.74) is 0. The standard InChI is InChI=1S/C14H15NO3S2/c1-18-14(17)12-9-19-10-15(12)13(16)7-8-20-11-5-3-2-4-6-11/h2-8,12H,9-10H2,1H3/b8-7-/t12-/m0/s1. The zero-order valence-corrected chi connectivity index (χ0v) is 12.7. The van der Waals surface area contributed by atoms with Crippen LogP contribution < -0.4 is 0 Å². The van der Waals surface area contributed by atoms with Crippen molar-refractivity contribution in [2.24, 2.45) is 0 Å². The van der Waals surface area contributed by atoms with Crippen molar-refractivity contribution in [3.05, 3.63) is 41.8 Å². The molecule has 0 aromatic heterocycles. The first-order valence-corrected chi connectivity index (χ1v) is 8.10. The third-order valence-corrected chi connectivity index (χ3v) is 4.63. The molecule has 0 saturated carbocycles. The minimum Gasteiger partial charge on any atom is -0.467 e. The lowest BCUT2D eigenvalue weighted by Gasteiger charge is -2.19. The topological polar surface area (TPSA) is 46.6 Å². The third kappa shape index (κ3) is 3.80. The Morgan fingerprint density at radius 1 is 1.40 bits per heavy atom. The van der Waals surface area contributed by atoms with Crippen LogP contribution in [0.5, 0.6) is 0 Å². The highest BCUT2D eigenvalue weighted by atomic mass is 32.2. The summed E-state index contributed by atoms with van der Waals surface area (Å²) in [5, 5.41) is 1.75. The van der Waals surface area contributed by atoms with Crippen LogP contribution in [0.2, 0.25) is 0 Å². The fourth-order valence-electron chi connectivity index (χ4n) is 1.76. The van der Waals surface area contributed by atoms with Gasteiger partial charge in [0, 0.05) is 16.7 Å². The zero-order valence-electron chi connectivity index (χ0n) is 11.0. The Balaban J connectivity index is 1.92. The van der Waals surface area contributed by atoms with Crippen molar-refractivity contribution in [1.29, 1.82) is 0 Å². The maximum absolute atomic E-state index is 12.1. The quantitative estimate of drug-likeness (QED) is 0.485. The van der Waals surface area contributed by atoms with Gasteiger partial charge in [-0.05, 0) is 17.5 Å². The summed E-state index contributed by atoms with van der Waals surface area (Å²) in [6.45, 7) is 0. The van der Waals surface area contributed by atoms with Crippen molar-refractivity contribution in [3.63, 3.8) is 0 Å². The number of thioether (sulfide) groups is 2. The normalized spacial score (nSPS) is 18.4. The van der Waals surface area contributed by atoms with Crippen molar-refractivity contribution in [2.45, 2.75) is 10.9 Å². The Morgan fingerprint density at radius 2 is 2.15 bits per heavy atom. The molecule has 2 rings (SSSR count). The first-order valence-electron chi connectivity index (χ1n) is 6.07. The molecule has 1 amide bonds. The van der Waals surface area contributed by atoms with E-state index < -0.39 is 6.04 Å². The number of ether oxygens (including phenoxy) is 1. The van der Waals surface area contributed by atoms with E-state index in [4.69, 9.17) is 4.74 Å². The Hall–Kier alpha value is -1.40. The van der Waals surface area contributed by atoms with E-state index in [2.05, 4.69) is 0 Å². The molecule has 1 aliphatic heterocycles. The summed E-state index contributed by atoms with van der Waals surface area (Å²) in [6, 6.07) is 9.32. The van der Waals surface area contributed by atoms with E-state index in [1.807, 2.05) is 30.3 Å². The molecule has 1 saturated heterocycles. The number of carbonyl (C=O) groups excluding carboxylic acids is 2. The number of hydrogen-bond donors (Lipinski definition) is 0. The highest BCUT2D eigenvalue weighted by Crippen LogP contribution is 2.23. The van der Waals surface area contributed by atoms with Crippen LogP contribution in [0, 0.1) is 0 Å². The van der Waals surface area contributed by atoms with Gasteiger partial charge in [0.2, 0.25) is 5.91 Å². The Labute approximate surface area is 126 Å². The molecule has 1 aromatic carbocycles. The van der Waals surface area contributed by atoms with Gasteiger partial charge in [-0.2, -0.15) is 0 Å². The molecular formula is C14H15NO3S2. The van der Waals surface area contributed by atoms with Crippen LogP contribution in [0.1, 0.15) is 0 Å². The minimum absolute atomic E-state index is 0.158. The Kier molecular flexibility index (Phi) is 5.55. The average Bonchev–Trinajstić information content (AvgIpc) is 2.97. The summed E-state index contributed by atoms with van der Waals surface area (Å²) in [5.74, 6) is 0.609. The van der Waals surface area contributed by atoms with Crippen molar-refractivity contribution in [2.75, 3.05) is 18.7 Å². The Bertz CT molecular complexity index is 504. The summed E-state index contributed by atoms with van der Waals surface area (Å²) < 4.78 is 4.71. The maximum Gasteiger partial charge on any atom is 0.329 e. The lowest BCUT2D eigenvalue weighted by atomic mass is 10.3. The summed E-state index contributed by atoms with van der Waals surface area (Å²) >= 11 is 3.03. The number of esters is 1. The number of hydrogen-bond acceptors (Lipinski definition) is 5. The number of nitrogens with zero attached hydrogens (tertiary/aromatic N) is 1. The van der Waals surface area contributed by atoms with Gasteiger partial charge in [0.15, 0.2) is 0 Å². The zero-order chi connectivity index (χ0) is 14.4. The molecule has 1 atom stereocenters. The molecular weight excluding hydrogens is 294 g/mol. The molecule has 106 valence electrons. The monoisotopic (exact) mass is 309 g/mol. The lowest BCUT2D eigenvalue weighted by molar-refractivity contribution is -0.149. The van der Waals surface area contributed by atoms with E-state index in [9.17, 15) is 9.59 Å². The lowest BCUT2D eigenvalue weighted by Crippen LogP contribution is -2.41. The smallest absolute Gasteiger partial charge is 0.329 e. The fourth-order valence-corrected chi connectivity index (χ4v) is 3.56. The summed E-state index contributed by atoms with van der Waals surface area (Å²) in [4.78, 5) is 26.2. The van der Waals surface area contributed by atoms with Crippen LogP contribution in [0.3, 0.4) is 0 Å². The second-order valence-corrected chi connectivity index (χ2v) is 6.06.